The molecule has 1 saturated carbocycles. The molecular weight excluding hydrogens is 295 g/mol. The minimum absolute atomic E-state index is 0.460. The highest BCUT2D eigenvalue weighted by atomic mass is 19.4. The number of rotatable bonds is 4. The van der Waals surface area contributed by atoms with Crippen LogP contribution in [0.1, 0.15) is 44.3 Å². The van der Waals surface area contributed by atoms with Crippen LogP contribution in [0, 0.1) is 5.92 Å². The minimum Gasteiger partial charge on any atom is -0.330 e. The first-order valence-electron chi connectivity index (χ1n) is 7.42. The van der Waals surface area contributed by atoms with E-state index in [-0.39, 0.29) is 0 Å². The maximum Gasteiger partial charge on any atom is 0.408 e. The smallest absolute Gasteiger partial charge is 0.330 e. The zero-order valence-corrected chi connectivity index (χ0v) is 12.4. The number of carbonyl (C=O) groups excluding carboxylic acids is 1. The quantitative estimate of drug-likeness (QED) is 0.892. The lowest BCUT2D eigenvalue weighted by Gasteiger charge is -2.27. The summed E-state index contributed by atoms with van der Waals surface area (Å²) in [7, 11) is 0. The number of hydrogen-bond acceptors (Lipinski definition) is 2. The van der Waals surface area contributed by atoms with Gasteiger partial charge in [-0.2, -0.15) is 13.2 Å². The molecule has 2 atom stereocenters. The summed E-state index contributed by atoms with van der Waals surface area (Å²) in [5, 5.41) is 4.61. The number of halogens is 3. The lowest BCUT2D eigenvalue weighted by atomic mass is 9.98. The highest BCUT2D eigenvalue weighted by Crippen LogP contribution is 2.35. The number of urea groups is 1. The monoisotopic (exact) mass is 315 g/mol. The predicted octanol–water partition coefficient (Wildman–Crippen LogP) is 3.56. The van der Waals surface area contributed by atoms with E-state index in [0.717, 1.165) is 12.8 Å². The Labute approximate surface area is 127 Å². The van der Waals surface area contributed by atoms with Crippen LogP contribution < -0.4 is 10.6 Å². The van der Waals surface area contributed by atoms with Gasteiger partial charge in [-0.15, -0.1) is 0 Å². The fourth-order valence-corrected chi connectivity index (χ4v) is 2.84. The van der Waals surface area contributed by atoms with Crippen molar-refractivity contribution in [2.24, 2.45) is 5.92 Å². The number of amides is 2. The molecule has 0 saturated heterocycles. The van der Waals surface area contributed by atoms with E-state index in [2.05, 4.69) is 15.6 Å². The molecule has 0 bridgehead atoms. The van der Waals surface area contributed by atoms with Gasteiger partial charge in [0.2, 0.25) is 0 Å². The Morgan fingerprint density at radius 1 is 1.27 bits per heavy atom. The topological polar surface area (TPSA) is 54.0 Å². The second-order valence-corrected chi connectivity index (χ2v) is 5.66. The minimum atomic E-state index is -4.43. The lowest BCUT2D eigenvalue weighted by Crippen LogP contribution is -2.53. The number of pyridine rings is 1. The predicted molar refractivity (Wildman–Crippen MR) is 76.1 cm³/mol. The van der Waals surface area contributed by atoms with E-state index < -0.39 is 30.2 Å². The number of aromatic nitrogens is 1. The largest absolute Gasteiger partial charge is 0.408 e. The van der Waals surface area contributed by atoms with Gasteiger partial charge in [0.15, 0.2) is 0 Å². The van der Waals surface area contributed by atoms with Crippen LogP contribution in [-0.4, -0.2) is 23.2 Å². The number of hydrogen-bond donors (Lipinski definition) is 2. The van der Waals surface area contributed by atoms with Gasteiger partial charge in [-0.3, -0.25) is 4.98 Å². The third-order valence-corrected chi connectivity index (χ3v) is 3.99. The second-order valence-electron chi connectivity index (χ2n) is 5.66. The first kappa shape index (κ1) is 16.6. The van der Waals surface area contributed by atoms with Crippen molar-refractivity contribution in [1.29, 1.82) is 0 Å². The molecule has 2 rings (SSSR count). The van der Waals surface area contributed by atoms with Crippen LogP contribution in [0.25, 0.3) is 0 Å². The average Bonchev–Trinajstić information content (AvgIpc) is 2.98. The van der Waals surface area contributed by atoms with E-state index in [4.69, 9.17) is 0 Å². The van der Waals surface area contributed by atoms with Gasteiger partial charge in [0.1, 0.15) is 6.04 Å². The van der Waals surface area contributed by atoms with E-state index in [1.54, 1.807) is 31.3 Å². The van der Waals surface area contributed by atoms with Crippen molar-refractivity contribution < 1.29 is 18.0 Å². The third kappa shape index (κ3) is 4.35. The first-order chi connectivity index (χ1) is 10.4. The Balaban J connectivity index is 1.96. The maximum absolute atomic E-state index is 13.1. The number of carbonyl (C=O) groups is 1. The Bertz CT molecular complexity index is 487. The van der Waals surface area contributed by atoms with Gasteiger partial charge in [0.05, 0.1) is 11.7 Å². The van der Waals surface area contributed by atoms with Gasteiger partial charge in [0.25, 0.3) is 0 Å². The van der Waals surface area contributed by atoms with Gasteiger partial charge in [0, 0.05) is 6.20 Å². The maximum atomic E-state index is 13.1. The van der Waals surface area contributed by atoms with Crippen molar-refractivity contribution in [2.75, 3.05) is 0 Å². The van der Waals surface area contributed by atoms with Crippen molar-refractivity contribution in [3.8, 4) is 0 Å². The fourth-order valence-electron chi connectivity index (χ4n) is 2.84. The van der Waals surface area contributed by atoms with Crippen molar-refractivity contribution >= 4 is 6.03 Å². The Morgan fingerprint density at radius 3 is 2.50 bits per heavy atom. The Kier molecular flexibility index (Phi) is 5.26. The molecule has 0 aliphatic heterocycles. The molecule has 0 aromatic carbocycles. The summed E-state index contributed by atoms with van der Waals surface area (Å²) < 4.78 is 39.4. The molecular formula is C15H20F3N3O. The lowest BCUT2D eigenvalue weighted by molar-refractivity contribution is -0.164. The summed E-state index contributed by atoms with van der Waals surface area (Å²) in [6.45, 7) is 1.68. The summed E-state index contributed by atoms with van der Waals surface area (Å²) in [6, 6.07) is 2.14. The summed E-state index contributed by atoms with van der Waals surface area (Å²) in [4.78, 5) is 16.0. The molecule has 22 heavy (non-hydrogen) atoms. The molecule has 1 aromatic heterocycles. The normalized spacial score (nSPS) is 18.7. The highest BCUT2D eigenvalue weighted by Gasteiger charge is 2.46. The molecule has 7 heteroatoms. The van der Waals surface area contributed by atoms with Gasteiger partial charge in [-0.25, -0.2) is 4.79 Å². The van der Waals surface area contributed by atoms with Gasteiger partial charge < -0.3 is 10.6 Å². The first-order valence-corrected chi connectivity index (χ1v) is 7.42. The van der Waals surface area contributed by atoms with Crippen LogP contribution in [0.15, 0.2) is 24.4 Å². The number of alkyl halides is 3. The molecule has 1 heterocycles. The van der Waals surface area contributed by atoms with Gasteiger partial charge >= 0.3 is 12.2 Å². The van der Waals surface area contributed by atoms with E-state index in [1.165, 1.54) is 0 Å². The Morgan fingerprint density at radius 2 is 1.95 bits per heavy atom. The van der Waals surface area contributed by atoms with Gasteiger partial charge in [-0.05, 0) is 37.8 Å². The van der Waals surface area contributed by atoms with E-state index in [9.17, 15) is 18.0 Å². The molecule has 2 N–H and O–H groups in total. The van der Waals surface area contributed by atoms with Crippen LogP contribution in [0.2, 0.25) is 0 Å². The van der Waals surface area contributed by atoms with Crippen molar-refractivity contribution in [3.05, 3.63) is 30.1 Å². The standard InChI is InChI=1S/C15H20F3N3O/c1-10(12-8-4-5-9-19-12)20-14(22)21-13(15(16,17)18)11-6-2-3-7-11/h4-5,8-11,13H,2-3,6-7H2,1H3,(H2,20,21,22)/t10-,13+/m1/s1. The SMILES string of the molecule is C[C@@H](NC(=O)N[C@@H](C1CCCC1)C(F)(F)F)c1ccccn1. The molecule has 0 spiro atoms. The molecule has 1 aliphatic rings. The van der Waals surface area contributed by atoms with Crippen molar-refractivity contribution in [1.82, 2.24) is 15.6 Å². The molecule has 0 unspecified atom stereocenters. The van der Waals surface area contributed by atoms with E-state index in [0.29, 0.717) is 18.5 Å². The van der Waals surface area contributed by atoms with Crippen LogP contribution in [0.3, 0.4) is 0 Å². The van der Waals surface area contributed by atoms with Crippen LogP contribution in [-0.2, 0) is 0 Å². The molecule has 4 nitrogen and oxygen atoms in total. The van der Waals surface area contributed by atoms with Crippen molar-refractivity contribution in [2.45, 2.75) is 50.9 Å². The number of nitrogens with zero attached hydrogens (tertiary/aromatic N) is 1. The average molecular weight is 315 g/mol. The van der Waals surface area contributed by atoms with Gasteiger partial charge in [-0.1, -0.05) is 18.9 Å². The molecule has 1 aliphatic carbocycles. The summed E-state index contributed by atoms with van der Waals surface area (Å²) >= 11 is 0. The molecule has 0 radical (unpaired) electrons. The highest BCUT2D eigenvalue weighted by molar-refractivity contribution is 5.74. The zero-order chi connectivity index (χ0) is 16.2. The molecule has 122 valence electrons. The summed E-state index contributed by atoms with van der Waals surface area (Å²) in [5.41, 5.74) is 0.599. The summed E-state index contributed by atoms with van der Waals surface area (Å²) in [6.07, 6.45) is -0.292. The molecule has 1 fully saturated rings. The zero-order valence-electron chi connectivity index (χ0n) is 12.4. The summed E-state index contributed by atoms with van der Waals surface area (Å²) in [5.74, 6) is -0.532. The Hall–Kier alpha value is -1.79. The molecule has 1 aromatic rings. The van der Waals surface area contributed by atoms with Crippen LogP contribution >= 0.6 is 0 Å². The second kappa shape index (κ2) is 6.98. The third-order valence-electron chi connectivity index (χ3n) is 3.99. The van der Waals surface area contributed by atoms with Crippen molar-refractivity contribution in [3.63, 3.8) is 0 Å². The number of nitrogens with one attached hydrogen (secondary N) is 2. The van der Waals surface area contributed by atoms with Crippen LogP contribution in [0.5, 0.6) is 0 Å². The van der Waals surface area contributed by atoms with E-state index in [1.807, 2.05) is 0 Å². The van der Waals surface area contributed by atoms with E-state index >= 15 is 0 Å². The van der Waals surface area contributed by atoms with Crippen LogP contribution in [0.4, 0.5) is 18.0 Å². The molecule has 2 amide bonds. The fraction of sp³-hybridized carbons (Fsp3) is 0.600.